The Morgan fingerprint density at radius 3 is 3.00 bits per heavy atom. The quantitative estimate of drug-likeness (QED) is 0.707. The number of hydrogen-bond donors (Lipinski definition) is 2. The Balaban J connectivity index is 1.49. The van der Waals surface area contributed by atoms with Crippen molar-refractivity contribution in [2.24, 2.45) is 0 Å². The third-order valence-corrected chi connectivity index (χ3v) is 3.79. The van der Waals surface area contributed by atoms with E-state index >= 15 is 0 Å². The minimum absolute atomic E-state index is 0.528. The highest BCUT2D eigenvalue weighted by Crippen LogP contribution is 2.22. The fraction of sp³-hybridized carbons (Fsp3) is 1.00. The topological polar surface area (TPSA) is 36.5 Å². The third kappa shape index (κ3) is 4.54. The molecule has 0 aromatic heterocycles. The van der Waals surface area contributed by atoms with Crippen molar-refractivity contribution in [1.29, 1.82) is 0 Å². The van der Waals surface area contributed by atoms with Gasteiger partial charge in [-0.1, -0.05) is 0 Å². The van der Waals surface area contributed by atoms with E-state index in [4.69, 9.17) is 4.74 Å². The molecule has 0 spiro atoms. The number of nitrogens with one attached hydrogen (secondary N) is 2. The Hall–Kier alpha value is -0.160. The van der Waals surface area contributed by atoms with E-state index in [2.05, 4.69) is 22.5 Å². The van der Waals surface area contributed by atoms with Crippen LogP contribution in [0, 0.1) is 0 Å². The fourth-order valence-corrected chi connectivity index (χ4v) is 2.66. The molecule has 0 radical (unpaired) electrons. The van der Waals surface area contributed by atoms with Gasteiger partial charge in [0.2, 0.25) is 0 Å². The van der Waals surface area contributed by atoms with Crippen molar-refractivity contribution in [1.82, 2.24) is 15.5 Å². The summed E-state index contributed by atoms with van der Waals surface area (Å²) < 4.78 is 5.56. The molecule has 0 amide bonds. The van der Waals surface area contributed by atoms with Gasteiger partial charge >= 0.3 is 0 Å². The zero-order valence-corrected chi connectivity index (χ0v) is 11.1. The second-order valence-electron chi connectivity index (χ2n) is 5.14. The maximum absolute atomic E-state index is 5.56. The average molecular weight is 241 g/mol. The predicted octanol–water partition coefficient (Wildman–Crippen LogP) is 0.439. The standard InChI is InChI=1S/C13H27N3O/c1-2-17-13-10-12(11-13)15-6-9-16-7-3-4-14-5-8-16/h12-15H,2-11H2,1H3. The van der Waals surface area contributed by atoms with E-state index in [9.17, 15) is 0 Å². The second kappa shape index (κ2) is 7.31. The molecular weight excluding hydrogens is 214 g/mol. The van der Waals surface area contributed by atoms with Crippen molar-refractivity contribution in [3.8, 4) is 0 Å². The van der Waals surface area contributed by atoms with Gasteiger partial charge in [-0.05, 0) is 39.3 Å². The largest absolute Gasteiger partial charge is 0.378 e. The first-order valence-corrected chi connectivity index (χ1v) is 7.16. The first-order valence-electron chi connectivity index (χ1n) is 7.16. The van der Waals surface area contributed by atoms with Crippen LogP contribution in [0.25, 0.3) is 0 Å². The molecule has 100 valence electrons. The SMILES string of the molecule is CCOC1CC(NCCN2CCCNCC2)C1. The van der Waals surface area contributed by atoms with Gasteiger partial charge in [0.25, 0.3) is 0 Å². The van der Waals surface area contributed by atoms with Crippen LogP contribution < -0.4 is 10.6 Å². The molecule has 1 saturated carbocycles. The lowest BCUT2D eigenvalue weighted by atomic mass is 9.89. The Labute approximate surface area is 105 Å². The van der Waals surface area contributed by atoms with Crippen molar-refractivity contribution < 1.29 is 4.74 Å². The average Bonchev–Trinajstić information content (AvgIpc) is 2.54. The third-order valence-electron chi connectivity index (χ3n) is 3.79. The highest BCUT2D eigenvalue weighted by Gasteiger charge is 2.28. The van der Waals surface area contributed by atoms with Crippen molar-refractivity contribution in [2.75, 3.05) is 45.9 Å². The van der Waals surface area contributed by atoms with E-state index in [1.807, 2.05) is 0 Å². The molecule has 4 heteroatoms. The monoisotopic (exact) mass is 241 g/mol. The van der Waals surface area contributed by atoms with Crippen LogP contribution in [0.5, 0.6) is 0 Å². The lowest BCUT2D eigenvalue weighted by molar-refractivity contribution is -0.0101. The lowest BCUT2D eigenvalue weighted by Crippen LogP contribution is -2.47. The number of rotatable bonds is 6. The van der Waals surface area contributed by atoms with Gasteiger partial charge in [-0.25, -0.2) is 0 Å². The molecule has 2 fully saturated rings. The van der Waals surface area contributed by atoms with Crippen LogP contribution in [-0.2, 0) is 4.74 Å². The summed E-state index contributed by atoms with van der Waals surface area (Å²) in [6, 6.07) is 0.705. The van der Waals surface area contributed by atoms with Gasteiger partial charge in [0.05, 0.1) is 6.10 Å². The summed E-state index contributed by atoms with van der Waals surface area (Å²) in [4.78, 5) is 2.56. The van der Waals surface area contributed by atoms with Gasteiger partial charge < -0.3 is 20.3 Å². The molecule has 17 heavy (non-hydrogen) atoms. The number of nitrogens with zero attached hydrogens (tertiary/aromatic N) is 1. The summed E-state index contributed by atoms with van der Waals surface area (Å²) in [7, 11) is 0. The molecule has 1 aliphatic carbocycles. The maximum Gasteiger partial charge on any atom is 0.0604 e. The lowest BCUT2D eigenvalue weighted by Gasteiger charge is -2.36. The Bertz CT molecular complexity index is 199. The Morgan fingerprint density at radius 1 is 1.29 bits per heavy atom. The first-order chi connectivity index (χ1) is 8.38. The molecule has 0 aromatic carbocycles. The summed E-state index contributed by atoms with van der Waals surface area (Å²) in [5, 5.41) is 7.07. The Morgan fingerprint density at radius 2 is 2.18 bits per heavy atom. The van der Waals surface area contributed by atoms with Gasteiger partial charge in [-0.15, -0.1) is 0 Å². The van der Waals surface area contributed by atoms with Crippen molar-refractivity contribution in [3.63, 3.8) is 0 Å². The minimum Gasteiger partial charge on any atom is -0.378 e. The minimum atomic E-state index is 0.528. The van der Waals surface area contributed by atoms with Crippen LogP contribution in [0.4, 0.5) is 0 Å². The molecule has 2 aliphatic rings. The molecule has 0 unspecified atom stereocenters. The smallest absolute Gasteiger partial charge is 0.0604 e. The molecule has 2 rings (SSSR count). The van der Waals surface area contributed by atoms with Crippen LogP contribution in [0.15, 0.2) is 0 Å². The molecule has 0 aromatic rings. The van der Waals surface area contributed by atoms with E-state index in [1.165, 1.54) is 45.4 Å². The van der Waals surface area contributed by atoms with E-state index in [1.54, 1.807) is 0 Å². The number of ether oxygens (including phenoxy) is 1. The van der Waals surface area contributed by atoms with Gasteiger partial charge in [0.1, 0.15) is 0 Å². The molecule has 0 bridgehead atoms. The number of hydrogen-bond acceptors (Lipinski definition) is 4. The summed E-state index contributed by atoms with van der Waals surface area (Å²) in [6.07, 6.45) is 4.22. The summed E-state index contributed by atoms with van der Waals surface area (Å²) in [6.45, 7) is 10.0. The van der Waals surface area contributed by atoms with Gasteiger partial charge in [-0.3, -0.25) is 0 Å². The van der Waals surface area contributed by atoms with Gasteiger partial charge in [-0.2, -0.15) is 0 Å². The molecule has 1 saturated heterocycles. The fourth-order valence-electron chi connectivity index (χ4n) is 2.66. The van der Waals surface area contributed by atoms with Crippen LogP contribution in [-0.4, -0.2) is 62.9 Å². The van der Waals surface area contributed by atoms with Crippen LogP contribution in [0.1, 0.15) is 26.2 Å². The van der Waals surface area contributed by atoms with Gasteiger partial charge in [0, 0.05) is 38.8 Å². The van der Waals surface area contributed by atoms with E-state index in [-0.39, 0.29) is 0 Å². The van der Waals surface area contributed by atoms with Crippen molar-refractivity contribution in [2.45, 2.75) is 38.3 Å². The van der Waals surface area contributed by atoms with E-state index in [0.717, 1.165) is 19.7 Å². The summed E-state index contributed by atoms with van der Waals surface area (Å²) in [5.74, 6) is 0. The molecule has 4 nitrogen and oxygen atoms in total. The van der Waals surface area contributed by atoms with Crippen LogP contribution in [0.2, 0.25) is 0 Å². The highest BCUT2D eigenvalue weighted by molar-refractivity contribution is 4.86. The molecule has 2 N–H and O–H groups in total. The molecule has 1 aliphatic heterocycles. The van der Waals surface area contributed by atoms with E-state index in [0.29, 0.717) is 12.1 Å². The molecular formula is C13H27N3O. The summed E-state index contributed by atoms with van der Waals surface area (Å²) in [5.41, 5.74) is 0. The van der Waals surface area contributed by atoms with E-state index < -0.39 is 0 Å². The van der Waals surface area contributed by atoms with Gasteiger partial charge in [0.15, 0.2) is 0 Å². The zero-order valence-electron chi connectivity index (χ0n) is 11.1. The highest BCUT2D eigenvalue weighted by atomic mass is 16.5. The van der Waals surface area contributed by atoms with Crippen molar-refractivity contribution >= 4 is 0 Å². The van der Waals surface area contributed by atoms with Crippen molar-refractivity contribution in [3.05, 3.63) is 0 Å². The van der Waals surface area contributed by atoms with Crippen LogP contribution in [0.3, 0.4) is 0 Å². The first kappa shape index (κ1) is 13.3. The maximum atomic E-state index is 5.56. The molecule has 0 atom stereocenters. The zero-order chi connectivity index (χ0) is 11.9. The molecule has 1 heterocycles. The normalized spacial score (nSPS) is 30.9. The Kier molecular flexibility index (Phi) is 5.71. The second-order valence-corrected chi connectivity index (χ2v) is 5.14. The predicted molar refractivity (Wildman–Crippen MR) is 70.4 cm³/mol. The summed E-state index contributed by atoms with van der Waals surface area (Å²) >= 11 is 0. The van der Waals surface area contributed by atoms with Crippen LogP contribution >= 0.6 is 0 Å².